The molecular formula is C24H29N5O3S. The molecule has 8 nitrogen and oxygen atoms in total. The van der Waals surface area contributed by atoms with Crippen LogP contribution in [0.25, 0.3) is 10.4 Å². The monoisotopic (exact) mass is 467 g/mol. The molecule has 33 heavy (non-hydrogen) atoms. The van der Waals surface area contributed by atoms with Crippen LogP contribution in [0.2, 0.25) is 0 Å². The first-order chi connectivity index (χ1) is 15.8. The van der Waals surface area contributed by atoms with E-state index in [1.54, 1.807) is 23.2 Å². The van der Waals surface area contributed by atoms with Crippen molar-refractivity contribution < 1.29 is 14.1 Å². The summed E-state index contributed by atoms with van der Waals surface area (Å²) in [5, 5.41) is 6.98. The van der Waals surface area contributed by atoms with Gasteiger partial charge in [0.2, 0.25) is 17.7 Å². The summed E-state index contributed by atoms with van der Waals surface area (Å²) in [6, 6.07) is 7.64. The van der Waals surface area contributed by atoms with Crippen LogP contribution in [0.3, 0.4) is 0 Å². The molecule has 1 aromatic carbocycles. The van der Waals surface area contributed by atoms with Gasteiger partial charge in [0, 0.05) is 20.0 Å². The maximum absolute atomic E-state index is 13.4. The Morgan fingerprint density at radius 2 is 2.00 bits per heavy atom. The molecule has 2 aromatic heterocycles. The topological polar surface area (TPSA) is 101 Å². The van der Waals surface area contributed by atoms with E-state index >= 15 is 0 Å². The minimum atomic E-state index is -0.529. The third-order valence-corrected chi connectivity index (χ3v) is 7.00. The van der Waals surface area contributed by atoms with E-state index in [4.69, 9.17) is 4.52 Å². The fourth-order valence-electron chi connectivity index (χ4n) is 4.28. The molecule has 174 valence electrons. The molecule has 0 bridgehead atoms. The third-order valence-electron chi connectivity index (χ3n) is 6.02. The SMILES string of the molecule is Cc1nc(C(C(=O)N2CCCC2C(=O)NCc2ccc(-c3scnc3C)cc2)C(C)C)no1. The van der Waals surface area contributed by atoms with Gasteiger partial charge in [-0.25, -0.2) is 4.98 Å². The highest BCUT2D eigenvalue weighted by molar-refractivity contribution is 7.13. The summed E-state index contributed by atoms with van der Waals surface area (Å²) in [5.41, 5.74) is 4.99. The molecule has 3 aromatic rings. The minimum Gasteiger partial charge on any atom is -0.350 e. The summed E-state index contributed by atoms with van der Waals surface area (Å²) in [4.78, 5) is 37.8. The normalized spacial score (nSPS) is 16.9. The molecular weight excluding hydrogens is 438 g/mol. The van der Waals surface area contributed by atoms with Gasteiger partial charge in [0.15, 0.2) is 5.82 Å². The number of carbonyl (C=O) groups excluding carboxylic acids is 2. The van der Waals surface area contributed by atoms with E-state index in [1.807, 2.05) is 50.5 Å². The number of nitrogens with zero attached hydrogens (tertiary/aromatic N) is 4. The van der Waals surface area contributed by atoms with E-state index in [9.17, 15) is 9.59 Å². The lowest BCUT2D eigenvalue weighted by Crippen LogP contribution is -2.48. The van der Waals surface area contributed by atoms with Crippen molar-refractivity contribution in [3.63, 3.8) is 0 Å². The highest BCUT2D eigenvalue weighted by Gasteiger charge is 2.40. The fourth-order valence-corrected chi connectivity index (χ4v) is 5.09. The summed E-state index contributed by atoms with van der Waals surface area (Å²) >= 11 is 1.62. The van der Waals surface area contributed by atoms with Crippen molar-refractivity contribution in [2.24, 2.45) is 5.92 Å². The number of thiazole rings is 1. The number of hydrogen-bond acceptors (Lipinski definition) is 7. The van der Waals surface area contributed by atoms with Gasteiger partial charge in [0.25, 0.3) is 0 Å². The van der Waals surface area contributed by atoms with Crippen molar-refractivity contribution in [1.82, 2.24) is 25.3 Å². The lowest BCUT2D eigenvalue weighted by Gasteiger charge is -2.28. The molecule has 1 fully saturated rings. The van der Waals surface area contributed by atoms with Crippen LogP contribution in [0.4, 0.5) is 0 Å². The number of likely N-dealkylation sites (tertiary alicyclic amines) is 1. The average Bonchev–Trinajstić information content (AvgIpc) is 3.53. The molecule has 1 aliphatic rings. The highest BCUT2D eigenvalue weighted by Crippen LogP contribution is 2.29. The van der Waals surface area contributed by atoms with Gasteiger partial charge in [-0.15, -0.1) is 11.3 Å². The van der Waals surface area contributed by atoms with Gasteiger partial charge in [-0.2, -0.15) is 4.98 Å². The zero-order chi connectivity index (χ0) is 23.5. The van der Waals surface area contributed by atoms with Gasteiger partial charge in [-0.05, 0) is 36.8 Å². The zero-order valence-corrected chi connectivity index (χ0v) is 20.2. The Morgan fingerprint density at radius 1 is 1.24 bits per heavy atom. The average molecular weight is 468 g/mol. The van der Waals surface area contributed by atoms with E-state index in [-0.39, 0.29) is 17.7 Å². The molecule has 0 saturated carbocycles. The van der Waals surface area contributed by atoms with Gasteiger partial charge in [-0.1, -0.05) is 43.3 Å². The van der Waals surface area contributed by atoms with Crippen LogP contribution < -0.4 is 5.32 Å². The zero-order valence-electron chi connectivity index (χ0n) is 19.4. The van der Waals surface area contributed by atoms with Gasteiger partial charge in [0.1, 0.15) is 12.0 Å². The molecule has 9 heteroatoms. The quantitative estimate of drug-likeness (QED) is 0.566. The van der Waals surface area contributed by atoms with E-state index in [0.29, 0.717) is 31.2 Å². The van der Waals surface area contributed by atoms with Crippen LogP contribution in [0.15, 0.2) is 34.3 Å². The fraction of sp³-hybridized carbons (Fsp3) is 0.458. The van der Waals surface area contributed by atoms with Crippen molar-refractivity contribution in [2.45, 2.75) is 59.0 Å². The van der Waals surface area contributed by atoms with Crippen LogP contribution in [0, 0.1) is 19.8 Å². The lowest BCUT2D eigenvalue weighted by molar-refractivity contribution is -0.140. The first-order valence-corrected chi connectivity index (χ1v) is 12.1. The molecule has 1 N–H and O–H groups in total. The van der Waals surface area contributed by atoms with E-state index in [2.05, 4.69) is 20.4 Å². The largest absolute Gasteiger partial charge is 0.350 e. The van der Waals surface area contributed by atoms with Crippen LogP contribution in [0.1, 0.15) is 55.6 Å². The smallest absolute Gasteiger partial charge is 0.243 e. The predicted octanol–water partition coefficient (Wildman–Crippen LogP) is 3.86. The van der Waals surface area contributed by atoms with E-state index in [1.165, 1.54) is 0 Å². The number of carbonyl (C=O) groups is 2. The predicted molar refractivity (Wildman–Crippen MR) is 125 cm³/mol. The standard InChI is InChI=1S/C24H29N5O3S/c1-14(2)20(22-27-16(4)32-28-22)24(31)29-11-5-6-19(29)23(30)25-12-17-7-9-18(10-8-17)21-15(3)26-13-33-21/h7-10,13-14,19-20H,5-6,11-12H2,1-4H3,(H,25,30). The number of benzene rings is 1. The van der Waals surface area contributed by atoms with E-state index in [0.717, 1.165) is 28.1 Å². The first kappa shape index (κ1) is 23.1. The molecule has 0 spiro atoms. The highest BCUT2D eigenvalue weighted by atomic mass is 32.1. The van der Waals surface area contributed by atoms with Crippen LogP contribution in [-0.2, 0) is 16.1 Å². The van der Waals surface area contributed by atoms with Crippen molar-refractivity contribution in [2.75, 3.05) is 6.54 Å². The molecule has 3 heterocycles. The molecule has 0 aliphatic carbocycles. The molecule has 0 radical (unpaired) electrons. The summed E-state index contributed by atoms with van der Waals surface area (Å²) in [5.74, 6) is 0.0198. The second-order valence-corrected chi connectivity index (χ2v) is 9.62. The third kappa shape index (κ3) is 4.98. The van der Waals surface area contributed by atoms with Crippen molar-refractivity contribution in [3.8, 4) is 10.4 Å². The van der Waals surface area contributed by atoms with Gasteiger partial charge in [-0.3, -0.25) is 9.59 Å². The Kier molecular flexibility index (Phi) is 6.88. The van der Waals surface area contributed by atoms with Gasteiger partial charge < -0.3 is 14.7 Å². The Hall–Kier alpha value is -3.07. The number of aromatic nitrogens is 3. The van der Waals surface area contributed by atoms with Gasteiger partial charge >= 0.3 is 0 Å². The Bertz CT molecular complexity index is 1120. The molecule has 2 amide bonds. The number of amides is 2. The summed E-state index contributed by atoms with van der Waals surface area (Å²) in [7, 11) is 0. The molecule has 2 atom stereocenters. The Morgan fingerprint density at radius 3 is 2.61 bits per heavy atom. The lowest BCUT2D eigenvalue weighted by atomic mass is 9.93. The molecule has 4 rings (SSSR count). The van der Waals surface area contributed by atoms with E-state index < -0.39 is 12.0 Å². The number of nitrogens with one attached hydrogen (secondary N) is 1. The number of aryl methyl sites for hydroxylation is 2. The van der Waals surface area contributed by atoms with Crippen LogP contribution >= 0.6 is 11.3 Å². The summed E-state index contributed by atoms with van der Waals surface area (Å²) in [6.45, 7) is 8.58. The number of rotatable bonds is 7. The molecule has 1 aliphatic heterocycles. The first-order valence-electron chi connectivity index (χ1n) is 11.2. The minimum absolute atomic E-state index is 0.0143. The Balaban J connectivity index is 1.40. The summed E-state index contributed by atoms with van der Waals surface area (Å²) in [6.07, 6.45) is 1.44. The van der Waals surface area contributed by atoms with Gasteiger partial charge in [0.05, 0.1) is 16.1 Å². The molecule has 1 saturated heterocycles. The van der Waals surface area contributed by atoms with Crippen LogP contribution in [-0.4, -0.2) is 44.4 Å². The second kappa shape index (κ2) is 9.82. The Labute approximate surface area is 197 Å². The van der Waals surface area contributed by atoms with Crippen molar-refractivity contribution >= 4 is 23.2 Å². The maximum Gasteiger partial charge on any atom is 0.243 e. The summed E-state index contributed by atoms with van der Waals surface area (Å²) < 4.78 is 5.09. The number of hydrogen-bond donors (Lipinski definition) is 1. The second-order valence-electron chi connectivity index (χ2n) is 8.76. The van der Waals surface area contributed by atoms with Crippen molar-refractivity contribution in [3.05, 3.63) is 52.7 Å². The van der Waals surface area contributed by atoms with Crippen molar-refractivity contribution in [1.29, 1.82) is 0 Å². The molecule has 2 unspecified atom stereocenters. The van der Waals surface area contributed by atoms with Crippen LogP contribution in [0.5, 0.6) is 0 Å². The maximum atomic E-state index is 13.4.